The highest BCUT2D eigenvalue weighted by Gasteiger charge is 2.18. The number of hydrogen-bond acceptors (Lipinski definition) is 2. The number of rotatable bonds is 3. The Kier molecular flexibility index (Phi) is 4.33. The van der Waals surface area contributed by atoms with Gasteiger partial charge >= 0.3 is 0 Å². The van der Waals surface area contributed by atoms with Crippen molar-refractivity contribution in [2.75, 3.05) is 4.72 Å². The Morgan fingerprint density at radius 3 is 2.45 bits per heavy atom. The first-order valence-electron chi connectivity index (χ1n) is 5.85. The molecule has 106 valence electrons. The van der Waals surface area contributed by atoms with Crippen LogP contribution in [0.2, 0.25) is 0 Å². The lowest BCUT2D eigenvalue weighted by Gasteiger charge is -2.12. The smallest absolute Gasteiger partial charge is 0.262 e. The average molecular weight is 405 g/mol. The van der Waals surface area contributed by atoms with E-state index in [1.165, 1.54) is 18.2 Å². The number of aryl methyl sites for hydroxylation is 2. The molecule has 0 aromatic heterocycles. The van der Waals surface area contributed by atoms with Crippen LogP contribution in [0.25, 0.3) is 0 Å². The van der Waals surface area contributed by atoms with Crippen LogP contribution in [0.5, 0.6) is 0 Å². The molecule has 0 bridgehead atoms. The summed E-state index contributed by atoms with van der Waals surface area (Å²) >= 11 is 1.89. The van der Waals surface area contributed by atoms with Crippen molar-refractivity contribution in [2.24, 2.45) is 0 Å². The monoisotopic (exact) mass is 405 g/mol. The average Bonchev–Trinajstić information content (AvgIpc) is 2.35. The van der Waals surface area contributed by atoms with Crippen molar-refractivity contribution < 1.29 is 12.8 Å². The molecule has 20 heavy (non-hydrogen) atoms. The van der Waals surface area contributed by atoms with E-state index in [1.54, 1.807) is 19.1 Å². The summed E-state index contributed by atoms with van der Waals surface area (Å²) in [7, 11) is -3.68. The first kappa shape index (κ1) is 15.2. The molecule has 0 saturated heterocycles. The van der Waals surface area contributed by atoms with Gasteiger partial charge in [-0.25, -0.2) is 12.8 Å². The van der Waals surface area contributed by atoms with Gasteiger partial charge in [-0.15, -0.1) is 0 Å². The minimum atomic E-state index is -3.68. The van der Waals surface area contributed by atoms with Crippen molar-refractivity contribution >= 4 is 38.3 Å². The van der Waals surface area contributed by atoms with Gasteiger partial charge < -0.3 is 0 Å². The number of anilines is 1. The van der Waals surface area contributed by atoms with Crippen LogP contribution in [0.4, 0.5) is 10.1 Å². The second-order valence-electron chi connectivity index (χ2n) is 4.50. The van der Waals surface area contributed by atoms with Crippen molar-refractivity contribution in [3.8, 4) is 0 Å². The van der Waals surface area contributed by atoms with E-state index in [-0.39, 0.29) is 4.90 Å². The highest BCUT2D eigenvalue weighted by molar-refractivity contribution is 14.1. The summed E-state index contributed by atoms with van der Waals surface area (Å²) in [5.74, 6) is -0.399. The van der Waals surface area contributed by atoms with Crippen molar-refractivity contribution in [2.45, 2.75) is 18.7 Å². The summed E-state index contributed by atoms with van der Waals surface area (Å²) in [6.45, 7) is 3.57. The molecular formula is C14H13FINO2S. The molecule has 2 aromatic rings. The van der Waals surface area contributed by atoms with Crippen LogP contribution in [0.3, 0.4) is 0 Å². The van der Waals surface area contributed by atoms with Gasteiger partial charge in [0.05, 0.1) is 10.6 Å². The zero-order chi connectivity index (χ0) is 14.9. The van der Waals surface area contributed by atoms with E-state index in [2.05, 4.69) is 4.72 Å². The number of halogens is 2. The lowest BCUT2D eigenvalue weighted by molar-refractivity contribution is 0.600. The van der Waals surface area contributed by atoms with E-state index in [9.17, 15) is 12.8 Å². The Morgan fingerprint density at radius 1 is 1.10 bits per heavy atom. The summed E-state index contributed by atoms with van der Waals surface area (Å²) in [6, 6.07) is 9.16. The fourth-order valence-corrected chi connectivity index (χ4v) is 3.97. The van der Waals surface area contributed by atoms with Gasteiger partial charge in [-0.2, -0.15) is 0 Å². The first-order chi connectivity index (χ1) is 9.29. The van der Waals surface area contributed by atoms with Crippen LogP contribution in [0, 0.1) is 23.2 Å². The third kappa shape index (κ3) is 3.29. The fraction of sp³-hybridized carbons (Fsp3) is 0.143. The third-order valence-corrected chi connectivity index (χ3v) is 5.21. The Morgan fingerprint density at radius 2 is 1.80 bits per heavy atom. The normalized spacial score (nSPS) is 11.4. The fourth-order valence-electron chi connectivity index (χ4n) is 1.77. The largest absolute Gasteiger partial charge is 0.279 e. The predicted molar refractivity (Wildman–Crippen MR) is 85.8 cm³/mol. The second-order valence-corrected chi connectivity index (χ2v) is 7.31. The van der Waals surface area contributed by atoms with Gasteiger partial charge in [0.25, 0.3) is 10.0 Å². The molecule has 3 nitrogen and oxygen atoms in total. The summed E-state index contributed by atoms with van der Waals surface area (Å²) in [5.41, 5.74) is 1.90. The SMILES string of the molecule is Cc1ccc(C)c(S(=O)(=O)Nc2ccc(F)cc2I)c1. The van der Waals surface area contributed by atoms with Gasteiger partial charge in [0.1, 0.15) is 5.82 Å². The van der Waals surface area contributed by atoms with Gasteiger partial charge in [-0.3, -0.25) is 4.72 Å². The van der Waals surface area contributed by atoms with Gasteiger partial charge in [0.2, 0.25) is 0 Å². The zero-order valence-corrected chi connectivity index (χ0v) is 13.9. The molecule has 0 unspecified atom stereocenters. The van der Waals surface area contributed by atoms with Gasteiger partial charge in [-0.1, -0.05) is 12.1 Å². The maximum atomic E-state index is 13.0. The highest BCUT2D eigenvalue weighted by atomic mass is 127. The molecule has 0 heterocycles. The number of hydrogen-bond donors (Lipinski definition) is 1. The van der Waals surface area contributed by atoms with E-state index in [4.69, 9.17) is 0 Å². The Bertz CT molecular complexity index is 760. The standard InChI is InChI=1S/C14H13FINO2S/c1-9-3-4-10(2)14(7-9)20(18,19)17-13-6-5-11(15)8-12(13)16/h3-8,17H,1-2H3. The number of nitrogens with one attached hydrogen (secondary N) is 1. The summed E-state index contributed by atoms with van der Waals surface area (Å²) < 4.78 is 40.9. The molecular weight excluding hydrogens is 392 g/mol. The molecule has 0 spiro atoms. The summed E-state index contributed by atoms with van der Waals surface area (Å²) in [6.07, 6.45) is 0. The van der Waals surface area contributed by atoms with Crippen LogP contribution in [-0.4, -0.2) is 8.42 Å². The van der Waals surface area contributed by atoms with E-state index in [1.807, 2.05) is 35.6 Å². The molecule has 2 rings (SSSR count). The van der Waals surface area contributed by atoms with Gasteiger partial charge in [-0.05, 0) is 71.8 Å². The van der Waals surface area contributed by atoms with E-state index in [0.29, 0.717) is 14.8 Å². The molecule has 6 heteroatoms. The summed E-state index contributed by atoms with van der Waals surface area (Å²) in [4.78, 5) is 0.234. The predicted octanol–water partition coefficient (Wildman–Crippen LogP) is 3.85. The number of benzene rings is 2. The van der Waals surface area contributed by atoms with Crippen LogP contribution >= 0.6 is 22.6 Å². The molecule has 0 aliphatic heterocycles. The van der Waals surface area contributed by atoms with Crippen molar-refractivity contribution in [1.29, 1.82) is 0 Å². The Labute approximate surface area is 131 Å². The Hall–Kier alpha value is -1.15. The zero-order valence-electron chi connectivity index (χ0n) is 10.9. The van der Waals surface area contributed by atoms with Crippen LogP contribution in [-0.2, 0) is 10.0 Å². The van der Waals surface area contributed by atoms with Crippen LogP contribution < -0.4 is 4.72 Å². The molecule has 0 aliphatic rings. The van der Waals surface area contributed by atoms with Crippen LogP contribution in [0.15, 0.2) is 41.3 Å². The van der Waals surface area contributed by atoms with E-state index in [0.717, 1.165) is 5.56 Å². The lowest BCUT2D eigenvalue weighted by atomic mass is 10.2. The maximum absolute atomic E-state index is 13.0. The van der Waals surface area contributed by atoms with Gasteiger partial charge in [0, 0.05) is 3.57 Å². The highest BCUT2D eigenvalue weighted by Crippen LogP contribution is 2.24. The lowest BCUT2D eigenvalue weighted by Crippen LogP contribution is -2.15. The molecule has 0 amide bonds. The molecule has 1 N–H and O–H groups in total. The van der Waals surface area contributed by atoms with Crippen molar-refractivity contribution in [1.82, 2.24) is 0 Å². The topological polar surface area (TPSA) is 46.2 Å². The van der Waals surface area contributed by atoms with Crippen LogP contribution in [0.1, 0.15) is 11.1 Å². The van der Waals surface area contributed by atoms with E-state index >= 15 is 0 Å². The molecule has 0 aliphatic carbocycles. The summed E-state index contributed by atoms with van der Waals surface area (Å²) in [5, 5.41) is 0. The number of sulfonamides is 1. The molecule has 0 saturated carbocycles. The molecule has 2 aromatic carbocycles. The maximum Gasteiger partial charge on any atom is 0.262 e. The quantitative estimate of drug-likeness (QED) is 0.789. The Balaban J connectivity index is 2.43. The van der Waals surface area contributed by atoms with Crippen molar-refractivity contribution in [3.63, 3.8) is 0 Å². The van der Waals surface area contributed by atoms with Gasteiger partial charge in [0.15, 0.2) is 0 Å². The minimum absolute atomic E-state index is 0.234. The second kappa shape index (κ2) is 5.69. The molecule has 0 atom stereocenters. The minimum Gasteiger partial charge on any atom is -0.279 e. The van der Waals surface area contributed by atoms with Crippen molar-refractivity contribution in [3.05, 3.63) is 56.9 Å². The molecule has 0 fully saturated rings. The first-order valence-corrected chi connectivity index (χ1v) is 8.41. The third-order valence-electron chi connectivity index (χ3n) is 2.81. The van der Waals surface area contributed by atoms with E-state index < -0.39 is 15.8 Å². The molecule has 0 radical (unpaired) electrons.